The van der Waals surface area contributed by atoms with Crippen LogP contribution in [-0.4, -0.2) is 24.0 Å². The standard InChI is InChI=1S/C13H15N3O3S/c1-9-13(8-14-16(9)3)20(18,19)15-12-6-4-5-11(7-12)10(2)17/h4-8,15H,1-3H3. The lowest BCUT2D eigenvalue weighted by atomic mass is 10.1. The summed E-state index contributed by atoms with van der Waals surface area (Å²) in [6, 6.07) is 6.36. The fraction of sp³-hybridized carbons (Fsp3) is 0.231. The Hall–Kier alpha value is -2.15. The van der Waals surface area contributed by atoms with E-state index in [1.165, 1.54) is 23.9 Å². The van der Waals surface area contributed by atoms with Gasteiger partial charge in [0, 0.05) is 18.3 Å². The molecule has 0 saturated heterocycles. The summed E-state index contributed by atoms with van der Waals surface area (Å²) in [6.45, 7) is 3.10. The number of Topliss-reactive ketones (excluding diaryl/α,β-unsaturated/α-hetero) is 1. The Bertz CT molecular complexity index is 763. The SMILES string of the molecule is CC(=O)c1cccc(NS(=O)(=O)c2cnn(C)c2C)c1. The molecule has 0 fully saturated rings. The molecule has 2 rings (SSSR count). The molecule has 0 radical (unpaired) electrons. The smallest absolute Gasteiger partial charge is 0.265 e. The van der Waals surface area contributed by atoms with Gasteiger partial charge in [-0.25, -0.2) is 8.42 Å². The van der Waals surface area contributed by atoms with E-state index in [-0.39, 0.29) is 10.7 Å². The Morgan fingerprint density at radius 3 is 2.60 bits per heavy atom. The number of nitrogens with one attached hydrogen (secondary N) is 1. The molecule has 6 nitrogen and oxygen atoms in total. The van der Waals surface area contributed by atoms with Crippen LogP contribution in [0.4, 0.5) is 5.69 Å². The van der Waals surface area contributed by atoms with Crippen LogP contribution < -0.4 is 4.72 Å². The zero-order valence-electron chi connectivity index (χ0n) is 11.4. The molecule has 0 saturated carbocycles. The van der Waals surface area contributed by atoms with E-state index in [1.54, 1.807) is 32.2 Å². The molecule has 2 aromatic rings. The Morgan fingerprint density at radius 2 is 2.05 bits per heavy atom. The Balaban J connectivity index is 2.36. The van der Waals surface area contributed by atoms with Gasteiger partial charge < -0.3 is 0 Å². The first-order valence-electron chi connectivity index (χ1n) is 5.93. The number of carbonyl (C=O) groups excluding carboxylic acids is 1. The molecule has 0 bridgehead atoms. The topological polar surface area (TPSA) is 81.1 Å². The van der Waals surface area contributed by atoms with E-state index in [0.717, 1.165) is 0 Å². The third kappa shape index (κ3) is 2.72. The summed E-state index contributed by atoms with van der Waals surface area (Å²) in [5.74, 6) is -0.122. The summed E-state index contributed by atoms with van der Waals surface area (Å²) < 4.78 is 28.5. The van der Waals surface area contributed by atoms with Crippen molar-refractivity contribution in [3.63, 3.8) is 0 Å². The van der Waals surface area contributed by atoms with Crippen molar-refractivity contribution in [2.45, 2.75) is 18.7 Å². The summed E-state index contributed by atoms with van der Waals surface area (Å²) in [5.41, 5.74) is 1.34. The van der Waals surface area contributed by atoms with Gasteiger partial charge in [-0.3, -0.25) is 14.2 Å². The summed E-state index contributed by atoms with van der Waals surface area (Å²) in [6.07, 6.45) is 1.30. The minimum atomic E-state index is -3.71. The van der Waals surface area contributed by atoms with Gasteiger partial charge in [-0.1, -0.05) is 12.1 Å². The van der Waals surface area contributed by atoms with Crippen molar-refractivity contribution in [3.8, 4) is 0 Å². The number of anilines is 1. The summed E-state index contributed by atoms with van der Waals surface area (Å²) in [5, 5.41) is 3.91. The Kier molecular flexibility index (Phi) is 3.63. The molecule has 0 aliphatic carbocycles. The normalized spacial score (nSPS) is 11.3. The van der Waals surface area contributed by atoms with Gasteiger partial charge in [0.05, 0.1) is 11.9 Å². The van der Waals surface area contributed by atoms with Crippen molar-refractivity contribution < 1.29 is 13.2 Å². The van der Waals surface area contributed by atoms with Crippen molar-refractivity contribution >= 4 is 21.5 Å². The van der Waals surface area contributed by atoms with E-state index < -0.39 is 10.0 Å². The number of benzene rings is 1. The quantitative estimate of drug-likeness (QED) is 0.870. The van der Waals surface area contributed by atoms with E-state index >= 15 is 0 Å². The molecule has 1 N–H and O–H groups in total. The van der Waals surface area contributed by atoms with Gasteiger partial charge in [-0.05, 0) is 26.0 Å². The number of hydrogen-bond acceptors (Lipinski definition) is 4. The minimum Gasteiger partial charge on any atom is -0.295 e. The zero-order chi connectivity index (χ0) is 14.9. The minimum absolute atomic E-state index is 0.119. The molecule has 0 spiro atoms. The maximum absolute atomic E-state index is 12.3. The molecule has 0 atom stereocenters. The number of carbonyl (C=O) groups is 1. The summed E-state index contributed by atoms with van der Waals surface area (Å²) in [7, 11) is -2.04. The van der Waals surface area contributed by atoms with Gasteiger partial charge in [0.1, 0.15) is 4.90 Å². The number of sulfonamides is 1. The molecule has 20 heavy (non-hydrogen) atoms. The predicted octanol–water partition coefficient (Wildman–Crippen LogP) is 1.73. The summed E-state index contributed by atoms with van der Waals surface area (Å²) in [4.78, 5) is 11.4. The van der Waals surface area contributed by atoms with Crippen molar-refractivity contribution in [2.75, 3.05) is 4.72 Å². The van der Waals surface area contributed by atoms with Crippen LogP contribution in [0.25, 0.3) is 0 Å². The first-order chi connectivity index (χ1) is 9.31. The molecule has 1 heterocycles. The Morgan fingerprint density at radius 1 is 1.35 bits per heavy atom. The number of hydrogen-bond donors (Lipinski definition) is 1. The lowest BCUT2D eigenvalue weighted by Crippen LogP contribution is -2.14. The number of ketones is 1. The first kappa shape index (κ1) is 14.3. The van der Waals surface area contributed by atoms with E-state index in [4.69, 9.17) is 0 Å². The van der Waals surface area contributed by atoms with Crippen LogP contribution in [0.2, 0.25) is 0 Å². The van der Waals surface area contributed by atoms with Gasteiger partial charge in [-0.2, -0.15) is 5.10 Å². The van der Waals surface area contributed by atoms with Gasteiger partial charge >= 0.3 is 0 Å². The van der Waals surface area contributed by atoms with Crippen LogP contribution >= 0.6 is 0 Å². The third-order valence-corrected chi connectivity index (χ3v) is 4.49. The largest absolute Gasteiger partial charge is 0.295 e. The molecule has 106 valence electrons. The molecule has 7 heteroatoms. The van der Waals surface area contributed by atoms with E-state index in [9.17, 15) is 13.2 Å². The van der Waals surface area contributed by atoms with E-state index in [1.807, 2.05) is 0 Å². The molecule has 0 aliphatic heterocycles. The fourth-order valence-electron chi connectivity index (χ4n) is 1.75. The van der Waals surface area contributed by atoms with Crippen LogP contribution in [0.15, 0.2) is 35.4 Å². The van der Waals surface area contributed by atoms with Crippen molar-refractivity contribution in [1.82, 2.24) is 9.78 Å². The molecular formula is C13H15N3O3S. The zero-order valence-corrected chi connectivity index (χ0v) is 12.2. The van der Waals surface area contributed by atoms with Crippen LogP contribution in [0.1, 0.15) is 23.0 Å². The predicted molar refractivity (Wildman–Crippen MR) is 75.2 cm³/mol. The highest BCUT2D eigenvalue weighted by Gasteiger charge is 2.20. The molecule has 1 aromatic carbocycles. The first-order valence-corrected chi connectivity index (χ1v) is 7.42. The second-order valence-corrected chi connectivity index (χ2v) is 6.11. The number of nitrogens with zero attached hydrogens (tertiary/aromatic N) is 2. The molecule has 0 aliphatic rings. The highest BCUT2D eigenvalue weighted by molar-refractivity contribution is 7.92. The fourth-order valence-corrected chi connectivity index (χ4v) is 3.01. The maximum Gasteiger partial charge on any atom is 0.265 e. The van der Waals surface area contributed by atoms with Crippen LogP contribution in [0, 0.1) is 6.92 Å². The third-order valence-electron chi connectivity index (χ3n) is 3.00. The van der Waals surface area contributed by atoms with Crippen molar-refractivity contribution in [3.05, 3.63) is 41.7 Å². The second-order valence-electron chi connectivity index (χ2n) is 4.46. The van der Waals surface area contributed by atoms with Gasteiger partial charge in [0.25, 0.3) is 10.0 Å². The molecule has 0 amide bonds. The molecule has 0 unspecified atom stereocenters. The van der Waals surface area contributed by atoms with E-state index in [2.05, 4.69) is 9.82 Å². The van der Waals surface area contributed by atoms with Crippen LogP contribution in [0.3, 0.4) is 0 Å². The average Bonchev–Trinajstić information content (AvgIpc) is 2.70. The summed E-state index contributed by atoms with van der Waals surface area (Å²) >= 11 is 0. The highest BCUT2D eigenvalue weighted by atomic mass is 32.2. The van der Waals surface area contributed by atoms with Gasteiger partial charge in [0.15, 0.2) is 5.78 Å². The number of aromatic nitrogens is 2. The van der Waals surface area contributed by atoms with Crippen LogP contribution in [0.5, 0.6) is 0 Å². The van der Waals surface area contributed by atoms with Crippen molar-refractivity contribution in [2.24, 2.45) is 7.05 Å². The molecular weight excluding hydrogens is 278 g/mol. The van der Waals surface area contributed by atoms with Gasteiger partial charge in [-0.15, -0.1) is 0 Å². The number of rotatable bonds is 4. The lowest BCUT2D eigenvalue weighted by molar-refractivity contribution is 0.101. The maximum atomic E-state index is 12.3. The van der Waals surface area contributed by atoms with Crippen LogP contribution in [-0.2, 0) is 17.1 Å². The average molecular weight is 293 g/mol. The van der Waals surface area contributed by atoms with E-state index in [0.29, 0.717) is 16.9 Å². The lowest BCUT2D eigenvalue weighted by Gasteiger charge is -2.08. The van der Waals surface area contributed by atoms with Gasteiger partial charge in [0.2, 0.25) is 0 Å². The Labute approximate surface area is 117 Å². The molecule has 1 aromatic heterocycles. The highest BCUT2D eigenvalue weighted by Crippen LogP contribution is 2.19. The monoisotopic (exact) mass is 293 g/mol. The van der Waals surface area contributed by atoms with Crippen molar-refractivity contribution in [1.29, 1.82) is 0 Å². The number of aryl methyl sites for hydroxylation is 1. The second kappa shape index (κ2) is 5.09.